The van der Waals surface area contributed by atoms with E-state index in [4.69, 9.17) is 18.0 Å². The average molecular weight is 312 g/mol. The maximum atomic E-state index is 5.94. The zero-order valence-electron chi connectivity index (χ0n) is 14.1. The van der Waals surface area contributed by atoms with Crippen LogP contribution in [-0.4, -0.2) is 53.1 Å². The molecule has 2 aliphatic rings. The Kier molecular flexibility index (Phi) is 6.45. The molecule has 1 aliphatic carbocycles. The van der Waals surface area contributed by atoms with E-state index in [0.717, 1.165) is 43.8 Å². The van der Waals surface area contributed by atoms with Gasteiger partial charge < -0.3 is 5.73 Å². The Hall–Kier alpha value is -0.190. The maximum absolute atomic E-state index is 5.94. The first-order chi connectivity index (χ1) is 10.0. The first kappa shape index (κ1) is 17.2. The van der Waals surface area contributed by atoms with E-state index in [0.29, 0.717) is 11.0 Å². The molecule has 0 aromatic heterocycles. The fourth-order valence-electron chi connectivity index (χ4n) is 4.40. The molecule has 1 heterocycles. The summed E-state index contributed by atoms with van der Waals surface area (Å²) in [6, 6.07) is 1.12. The summed E-state index contributed by atoms with van der Waals surface area (Å²) >= 11 is 5.27. The molecule has 2 rings (SSSR count). The molecule has 2 fully saturated rings. The molecule has 4 heteroatoms. The van der Waals surface area contributed by atoms with E-state index < -0.39 is 0 Å². The summed E-state index contributed by atoms with van der Waals surface area (Å²) in [7, 11) is 0. The highest BCUT2D eigenvalue weighted by atomic mass is 32.1. The summed E-state index contributed by atoms with van der Waals surface area (Å²) in [6.45, 7) is 11.7. The van der Waals surface area contributed by atoms with E-state index in [1.54, 1.807) is 0 Å². The SMILES string of the molecule is CCCC(C(N)=S)N1CCN(C2CC(C)CC(C)C2)CC1. The van der Waals surface area contributed by atoms with Crippen molar-refractivity contribution >= 4 is 17.2 Å². The molecule has 2 N–H and O–H groups in total. The molecular weight excluding hydrogens is 278 g/mol. The van der Waals surface area contributed by atoms with Gasteiger partial charge >= 0.3 is 0 Å². The van der Waals surface area contributed by atoms with E-state index in [1.807, 2.05) is 0 Å². The van der Waals surface area contributed by atoms with Crippen molar-refractivity contribution in [3.8, 4) is 0 Å². The van der Waals surface area contributed by atoms with Crippen LogP contribution in [0.4, 0.5) is 0 Å². The summed E-state index contributed by atoms with van der Waals surface area (Å²) in [4.78, 5) is 5.92. The normalized spacial score (nSPS) is 33.8. The number of hydrogen-bond donors (Lipinski definition) is 1. The van der Waals surface area contributed by atoms with Crippen LogP contribution in [0.2, 0.25) is 0 Å². The molecule has 3 unspecified atom stereocenters. The van der Waals surface area contributed by atoms with Gasteiger partial charge in [0, 0.05) is 32.2 Å². The zero-order valence-corrected chi connectivity index (χ0v) is 14.9. The minimum atomic E-state index is 0.316. The third-order valence-electron chi connectivity index (χ3n) is 5.35. The van der Waals surface area contributed by atoms with Gasteiger partial charge in [0.05, 0.1) is 11.0 Å². The minimum Gasteiger partial charge on any atom is -0.392 e. The van der Waals surface area contributed by atoms with E-state index in [-0.39, 0.29) is 0 Å². The largest absolute Gasteiger partial charge is 0.392 e. The number of hydrogen-bond acceptors (Lipinski definition) is 3. The van der Waals surface area contributed by atoms with Crippen molar-refractivity contribution in [2.45, 2.75) is 65.0 Å². The van der Waals surface area contributed by atoms with Gasteiger partial charge in [-0.3, -0.25) is 9.80 Å². The standard InChI is InChI=1S/C17H33N3S/c1-4-5-16(17(18)21)20-8-6-19(7-9-20)15-11-13(2)10-14(3)12-15/h13-16H,4-12H2,1-3H3,(H2,18,21). The van der Waals surface area contributed by atoms with Crippen molar-refractivity contribution in [1.29, 1.82) is 0 Å². The van der Waals surface area contributed by atoms with Crippen LogP contribution in [0.5, 0.6) is 0 Å². The third kappa shape index (κ3) is 4.64. The molecule has 122 valence electrons. The van der Waals surface area contributed by atoms with E-state index in [1.165, 1.54) is 32.4 Å². The average Bonchev–Trinajstić information content (AvgIpc) is 2.43. The molecule has 0 spiro atoms. The molecule has 0 aromatic carbocycles. The monoisotopic (exact) mass is 311 g/mol. The van der Waals surface area contributed by atoms with Crippen LogP contribution >= 0.6 is 12.2 Å². The van der Waals surface area contributed by atoms with Crippen LogP contribution in [-0.2, 0) is 0 Å². The first-order valence-electron chi connectivity index (χ1n) is 8.78. The smallest absolute Gasteiger partial charge is 0.0902 e. The predicted molar refractivity (Wildman–Crippen MR) is 94.6 cm³/mol. The van der Waals surface area contributed by atoms with Crippen molar-refractivity contribution in [3.63, 3.8) is 0 Å². The lowest BCUT2D eigenvalue weighted by Crippen LogP contribution is -2.56. The highest BCUT2D eigenvalue weighted by molar-refractivity contribution is 7.80. The van der Waals surface area contributed by atoms with E-state index in [2.05, 4.69) is 30.6 Å². The fourth-order valence-corrected chi connectivity index (χ4v) is 4.66. The van der Waals surface area contributed by atoms with Crippen LogP contribution in [0.15, 0.2) is 0 Å². The van der Waals surface area contributed by atoms with Crippen LogP contribution in [0, 0.1) is 11.8 Å². The number of rotatable bonds is 5. The molecule has 0 bridgehead atoms. The molecule has 1 saturated carbocycles. The highest BCUT2D eigenvalue weighted by Gasteiger charge is 2.32. The molecule has 1 saturated heterocycles. The van der Waals surface area contributed by atoms with Gasteiger partial charge in [0.1, 0.15) is 0 Å². The second-order valence-corrected chi connectivity index (χ2v) is 7.82. The lowest BCUT2D eigenvalue weighted by molar-refractivity contribution is 0.0486. The van der Waals surface area contributed by atoms with Crippen molar-refractivity contribution in [3.05, 3.63) is 0 Å². The summed E-state index contributed by atoms with van der Waals surface area (Å²) in [5, 5.41) is 0. The predicted octanol–water partition coefficient (Wildman–Crippen LogP) is 2.88. The molecular formula is C17H33N3S. The molecule has 3 atom stereocenters. The maximum Gasteiger partial charge on any atom is 0.0902 e. The summed E-state index contributed by atoms with van der Waals surface area (Å²) in [5.74, 6) is 1.78. The molecule has 0 radical (unpaired) electrons. The molecule has 3 nitrogen and oxygen atoms in total. The highest BCUT2D eigenvalue weighted by Crippen LogP contribution is 2.32. The molecule has 0 aromatic rings. The van der Waals surface area contributed by atoms with Gasteiger partial charge in [0.2, 0.25) is 0 Å². The molecule has 0 amide bonds. The topological polar surface area (TPSA) is 32.5 Å². The molecule has 1 aliphatic heterocycles. The Balaban J connectivity index is 1.86. The van der Waals surface area contributed by atoms with Crippen molar-refractivity contribution in [2.24, 2.45) is 17.6 Å². The molecule has 21 heavy (non-hydrogen) atoms. The van der Waals surface area contributed by atoms with E-state index >= 15 is 0 Å². The van der Waals surface area contributed by atoms with Gasteiger partial charge in [-0.25, -0.2) is 0 Å². The second-order valence-electron chi connectivity index (χ2n) is 7.35. The van der Waals surface area contributed by atoms with Crippen LogP contribution in [0.1, 0.15) is 52.9 Å². The van der Waals surface area contributed by atoms with Gasteiger partial charge in [0.15, 0.2) is 0 Å². The lowest BCUT2D eigenvalue weighted by atomic mass is 9.79. The minimum absolute atomic E-state index is 0.316. The number of piperazine rings is 1. The zero-order chi connectivity index (χ0) is 15.4. The van der Waals surface area contributed by atoms with Gasteiger partial charge in [-0.2, -0.15) is 0 Å². The quantitative estimate of drug-likeness (QED) is 0.791. The summed E-state index contributed by atoms with van der Waals surface area (Å²) in [6.07, 6.45) is 6.44. The van der Waals surface area contributed by atoms with Crippen LogP contribution in [0.3, 0.4) is 0 Å². The Morgan fingerprint density at radius 1 is 1.10 bits per heavy atom. The Labute approximate surface area is 136 Å². The lowest BCUT2D eigenvalue weighted by Gasteiger charge is -2.45. The second kappa shape index (κ2) is 7.89. The van der Waals surface area contributed by atoms with Crippen molar-refractivity contribution in [2.75, 3.05) is 26.2 Å². The fraction of sp³-hybridized carbons (Fsp3) is 0.941. The van der Waals surface area contributed by atoms with Crippen LogP contribution in [0.25, 0.3) is 0 Å². The Bertz CT molecular complexity index is 329. The van der Waals surface area contributed by atoms with Crippen molar-refractivity contribution in [1.82, 2.24) is 9.80 Å². The van der Waals surface area contributed by atoms with Crippen molar-refractivity contribution < 1.29 is 0 Å². The summed E-state index contributed by atoms with van der Waals surface area (Å²) < 4.78 is 0. The summed E-state index contributed by atoms with van der Waals surface area (Å²) in [5.41, 5.74) is 5.94. The third-order valence-corrected chi connectivity index (χ3v) is 5.62. The van der Waals surface area contributed by atoms with Gasteiger partial charge in [-0.15, -0.1) is 0 Å². The van der Waals surface area contributed by atoms with Gasteiger partial charge in [-0.1, -0.05) is 39.4 Å². The first-order valence-corrected chi connectivity index (χ1v) is 9.19. The van der Waals surface area contributed by atoms with E-state index in [9.17, 15) is 0 Å². The number of nitrogens with zero attached hydrogens (tertiary/aromatic N) is 2. The number of thiocarbonyl (C=S) groups is 1. The van der Waals surface area contributed by atoms with Gasteiger partial charge in [0.25, 0.3) is 0 Å². The van der Waals surface area contributed by atoms with Crippen LogP contribution < -0.4 is 5.73 Å². The Morgan fingerprint density at radius 2 is 1.67 bits per heavy atom. The number of nitrogens with two attached hydrogens (primary N) is 1. The Morgan fingerprint density at radius 3 is 2.14 bits per heavy atom. The van der Waals surface area contributed by atoms with Gasteiger partial charge in [-0.05, 0) is 37.5 Å².